The summed E-state index contributed by atoms with van der Waals surface area (Å²) >= 11 is 1.62. The number of amides is 1. The van der Waals surface area contributed by atoms with E-state index in [0.29, 0.717) is 23.9 Å². The third-order valence-corrected chi connectivity index (χ3v) is 5.45. The summed E-state index contributed by atoms with van der Waals surface area (Å²) in [6.45, 7) is 5.98. The molecule has 0 saturated carbocycles. The van der Waals surface area contributed by atoms with Gasteiger partial charge in [-0.3, -0.25) is 9.59 Å². The summed E-state index contributed by atoms with van der Waals surface area (Å²) in [4.78, 5) is 31.5. The Bertz CT molecular complexity index is 916. The van der Waals surface area contributed by atoms with Gasteiger partial charge in [-0.25, -0.2) is 4.98 Å². The topological polar surface area (TPSA) is 84.2 Å². The van der Waals surface area contributed by atoms with Gasteiger partial charge in [-0.2, -0.15) is 0 Å². The van der Waals surface area contributed by atoms with Crippen LogP contribution in [0.5, 0.6) is 0 Å². The number of carbonyl (C=O) groups excluding carboxylic acids is 2. The summed E-state index contributed by atoms with van der Waals surface area (Å²) in [6, 6.07) is 10.3. The molecule has 2 heterocycles. The Hall–Kier alpha value is -2.51. The Balaban J connectivity index is 1.76. The molecule has 29 heavy (non-hydrogen) atoms. The van der Waals surface area contributed by atoms with E-state index in [1.165, 1.54) is 0 Å². The highest BCUT2D eigenvalue weighted by Gasteiger charge is 2.29. The zero-order valence-corrected chi connectivity index (χ0v) is 17.8. The van der Waals surface area contributed by atoms with Gasteiger partial charge in [0.2, 0.25) is 11.7 Å². The maximum atomic E-state index is 13.0. The average Bonchev–Trinajstić information content (AvgIpc) is 3.35. The largest absolute Gasteiger partial charge is 0.434 e. The van der Waals surface area contributed by atoms with Crippen molar-refractivity contribution in [2.24, 2.45) is 0 Å². The minimum absolute atomic E-state index is 0.0385. The van der Waals surface area contributed by atoms with Gasteiger partial charge < -0.3 is 15.1 Å². The third kappa shape index (κ3) is 5.52. The number of carbonyl (C=O) groups is 2. The number of ketones is 1. The van der Waals surface area contributed by atoms with Crippen LogP contribution in [0.1, 0.15) is 49.2 Å². The van der Waals surface area contributed by atoms with E-state index in [1.807, 2.05) is 50.4 Å². The van der Waals surface area contributed by atoms with Crippen molar-refractivity contribution in [3.63, 3.8) is 0 Å². The van der Waals surface area contributed by atoms with Crippen molar-refractivity contribution in [1.29, 1.82) is 0 Å². The lowest BCUT2D eigenvalue weighted by Gasteiger charge is -2.23. The molecule has 0 radical (unpaired) electrons. The number of fused-ring (bicyclic) bond motifs is 1. The Kier molecular flexibility index (Phi) is 7.17. The van der Waals surface area contributed by atoms with Gasteiger partial charge in [0.15, 0.2) is 5.58 Å². The van der Waals surface area contributed by atoms with E-state index in [2.05, 4.69) is 15.6 Å². The van der Waals surface area contributed by atoms with E-state index < -0.39 is 12.1 Å². The lowest BCUT2D eigenvalue weighted by Crippen LogP contribution is -2.52. The number of Topliss-reactive ketones (excluding diaryl/α,β-unsaturated/α-hetero) is 1. The molecule has 6 nitrogen and oxygen atoms in total. The monoisotopic (exact) mass is 413 g/mol. The normalized spacial score (nSPS) is 13.5. The van der Waals surface area contributed by atoms with Crippen molar-refractivity contribution in [2.45, 2.75) is 58.2 Å². The molecule has 2 aromatic heterocycles. The molecule has 0 saturated heterocycles. The number of hydrogen-bond donors (Lipinski definition) is 2. The molecule has 1 aromatic carbocycles. The molecule has 0 aliphatic carbocycles. The number of thiophene rings is 1. The number of para-hydroxylation sites is 2. The first kappa shape index (κ1) is 21.2. The number of rotatable bonds is 10. The van der Waals surface area contributed by atoms with E-state index in [9.17, 15) is 9.59 Å². The van der Waals surface area contributed by atoms with Crippen LogP contribution in [-0.4, -0.2) is 34.8 Å². The zero-order valence-electron chi connectivity index (χ0n) is 17.0. The first-order chi connectivity index (χ1) is 14.0. The lowest BCUT2D eigenvalue weighted by molar-refractivity contribution is -0.123. The van der Waals surface area contributed by atoms with Gasteiger partial charge in [0.1, 0.15) is 5.52 Å². The number of aromatic nitrogens is 1. The van der Waals surface area contributed by atoms with Crippen molar-refractivity contribution < 1.29 is 14.0 Å². The van der Waals surface area contributed by atoms with Crippen LogP contribution in [-0.2, 0) is 11.2 Å². The van der Waals surface area contributed by atoms with Crippen molar-refractivity contribution in [3.8, 4) is 0 Å². The first-order valence-electron chi connectivity index (χ1n) is 9.96. The van der Waals surface area contributed by atoms with Crippen molar-refractivity contribution in [3.05, 3.63) is 52.5 Å². The molecular weight excluding hydrogens is 386 g/mol. The Morgan fingerprint density at radius 2 is 1.93 bits per heavy atom. The van der Waals surface area contributed by atoms with Crippen LogP contribution < -0.4 is 10.6 Å². The van der Waals surface area contributed by atoms with Crippen LogP contribution in [0.25, 0.3) is 11.1 Å². The smallest absolute Gasteiger partial charge is 0.266 e. The number of hydrogen-bond acceptors (Lipinski definition) is 6. The fourth-order valence-corrected chi connectivity index (χ4v) is 3.97. The number of oxazole rings is 1. The van der Waals surface area contributed by atoms with E-state index >= 15 is 0 Å². The summed E-state index contributed by atoms with van der Waals surface area (Å²) in [5, 5.41) is 8.24. The molecule has 0 aliphatic rings. The standard InChI is InChI=1S/C22H27N3O3S/c1-4-8-17(20(26)22-25-16-10-5-6-11-19(16)28-22)24-21(27)18(23-14(2)3)13-15-9-7-12-29-15/h5-7,9-12,14,17-18,23H,4,8,13H2,1-3H3,(H,24,27)/t17-,18-/m0/s1. The van der Waals surface area contributed by atoms with Crippen LogP contribution in [0.2, 0.25) is 0 Å². The minimum Gasteiger partial charge on any atom is -0.434 e. The fraction of sp³-hybridized carbons (Fsp3) is 0.409. The second-order valence-electron chi connectivity index (χ2n) is 7.36. The second kappa shape index (κ2) is 9.80. The molecule has 0 aliphatic heterocycles. The van der Waals surface area contributed by atoms with Gasteiger partial charge >= 0.3 is 0 Å². The van der Waals surface area contributed by atoms with E-state index in [4.69, 9.17) is 4.42 Å². The second-order valence-corrected chi connectivity index (χ2v) is 8.39. The molecule has 2 N–H and O–H groups in total. The predicted octanol–water partition coefficient (Wildman–Crippen LogP) is 3.97. The maximum absolute atomic E-state index is 13.0. The van der Waals surface area contributed by atoms with Gasteiger partial charge in [-0.1, -0.05) is 45.4 Å². The molecule has 0 bridgehead atoms. The van der Waals surface area contributed by atoms with Crippen molar-refractivity contribution in [1.82, 2.24) is 15.6 Å². The van der Waals surface area contributed by atoms with Crippen molar-refractivity contribution in [2.75, 3.05) is 0 Å². The summed E-state index contributed by atoms with van der Waals surface area (Å²) in [7, 11) is 0. The number of nitrogens with zero attached hydrogens (tertiary/aromatic N) is 1. The average molecular weight is 414 g/mol. The Morgan fingerprint density at radius 3 is 2.59 bits per heavy atom. The molecule has 3 aromatic rings. The van der Waals surface area contributed by atoms with Gasteiger partial charge in [-0.05, 0) is 30.0 Å². The maximum Gasteiger partial charge on any atom is 0.266 e. The minimum atomic E-state index is -0.666. The van der Waals surface area contributed by atoms with Crippen LogP contribution >= 0.6 is 11.3 Å². The lowest BCUT2D eigenvalue weighted by atomic mass is 10.0. The molecule has 1 amide bonds. The highest BCUT2D eigenvalue weighted by atomic mass is 32.1. The van der Waals surface area contributed by atoms with Gasteiger partial charge in [0, 0.05) is 17.3 Å². The van der Waals surface area contributed by atoms with Crippen LogP contribution in [0, 0.1) is 0 Å². The predicted molar refractivity (Wildman–Crippen MR) is 115 cm³/mol. The van der Waals surface area contributed by atoms with Gasteiger partial charge in [0.05, 0.1) is 12.1 Å². The SMILES string of the molecule is CCC[C@H](NC(=O)[C@H](Cc1cccs1)NC(C)C)C(=O)c1nc2ccccc2o1. The Morgan fingerprint density at radius 1 is 1.14 bits per heavy atom. The molecule has 0 fully saturated rings. The highest BCUT2D eigenvalue weighted by molar-refractivity contribution is 7.09. The van der Waals surface area contributed by atoms with Crippen LogP contribution in [0.3, 0.4) is 0 Å². The fourth-order valence-electron chi connectivity index (χ4n) is 3.22. The third-order valence-electron chi connectivity index (χ3n) is 4.55. The van der Waals surface area contributed by atoms with Crippen molar-refractivity contribution >= 4 is 34.1 Å². The van der Waals surface area contributed by atoms with Crippen LogP contribution in [0.15, 0.2) is 46.2 Å². The number of nitrogens with one attached hydrogen (secondary N) is 2. The zero-order chi connectivity index (χ0) is 20.8. The summed E-state index contributed by atoms with van der Waals surface area (Å²) in [5.74, 6) is -0.442. The molecule has 2 atom stereocenters. The molecule has 3 rings (SSSR count). The van der Waals surface area contributed by atoms with E-state index in [0.717, 1.165) is 11.3 Å². The van der Waals surface area contributed by atoms with Crippen LogP contribution in [0.4, 0.5) is 0 Å². The van der Waals surface area contributed by atoms with E-state index in [1.54, 1.807) is 23.5 Å². The summed E-state index contributed by atoms with van der Waals surface area (Å²) in [6.07, 6.45) is 1.86. The molecular formula is C22H27N3O3S. The Labute approximate surface area is 174 Å². The van der Waals surface area contributed by atoms with Gasteiger partial charge in [-0.15, -0.1) is 11.3 Å². The van der Waals surface area contributed by atoms with E-state index in [-0.39, 0.29) is 23.6 Å². The quantitative estimate of drug-likeness (QED) is 0.492. The first-order valence-corrected chi connectivity index (χ1v) is 10.8. The summed E-state index contributed by atoms with van der Waals surface area (Å²) < 4.78 is 5.62. The molecule has 0 spiro atoms. The summed E-state index contributed by atoms with van der Waals surface area (Å²) in [5.41, 5.74) is 1.20. The molecule has 154 valence electrons. The molecule has 7 heteroatoms. The van der Waals surface area contributed by atoms with Gasteiger partial charge in [0.25, 0.3) is 5.89 Å². The molecule has 0 unspecified atom stereocenters. The number of benzene rings is 1. The highest BCUT2D eigenvalue weighted by Crippen LogP contribution is 2.17.